The minimum atomic E-state index is -0.349. The van der Waals surface area contributed by atoms with Crippen molar-refractivity contribution >= 4 is 23.4 Å². The van der Waals surface area contributed by atoms with Crippen molar-refractivity contribution in [2.45, 2.75) is 32.2 Å². The molecule has 0 saturated carbocycles. The Balaban J connectivity index is 1.72. The van der Waals surface area contributed by atoms with Crippen LogP contribution in [-0.4, -0.2) is 58.6 Å². The number of carbonyl (C=O) groups excluding carboxylic acids is 1. The van der Waals surface area contributed by atoms with Crippen LogP contribution in [0.4, 0.5) is 10.6 Å². The number of aliphatic hydroxyl groups excluding tert-OH is 1. The summed E-state index contributed by atoms with van der Waals surface area (Å²) in [6.45, 7) is 3.34. The summed E-state index contributed by atoms with van der Waals surface area (Å²) in [6.07, 6.45) is -0.117. The van der Waals surface area contributed by atoms with Crippen molar-refractivity contribution < 1.29 is 19.4 Å². The van der Waals surface area contributed by atoms with E-state index in [4.69, 9.17) is 26.2 Å². The van der Waals surface area contributed by atoms with E-state index in [0.717, 1.165) is 11.3 Å². The number of benzene rings is 1. The van der Waals surface area contributed by atoms with E-state index in [9.17, 15) is 4.79 Å². The third kappa shape index (κ3) is 3.32. The van der Waals surface area contributed by atoms with E-state index < -0.39 is 0 Å². The Bertz CT molecular complexity index is 870. The van der Waals surface area contributed by atoms with Crippen molar-refractivity contribution in [1.82, 2.24) is 14.5 Å². The molecule has 150 valence electrons. The number of ether oxygens (including phenoxy) is 2. The van der Waals surface area contributed by atoms with Gasteiger partial charge >= 0.3 is 6.03 Å². The molecule has 9 heteroatoms. The molecule has 8 nitrogen and oxygen atoms in total. The summed E-state index contributed by atoms with van der Waals surface area (Å²) in [5.41, 5.74) is 1.86. The maximum atomic E-state index is 12.9. The minimum absolute atomic E-state index is 0.0212. The van der Waals surface area contributed by atoms with Crippen LogP contribution in [0.25, 0.3) is 0 Å². The molecule has 28 heavy (non-hydrogen) atoms. The number of nitrogens with zero attached hydrogens (tertiary/aromatic N) is 4. The lowest BCUT2D eigenvalue weighted by Gasteiger charge is -2.24. The van der Waals surface area contributed by atoms with E-state index in [1.165, 1.54) is 4.90 Å². The predicted octanol–water partition coefficient (Wildman–Crippen LogP) is 2.64. The van der Waals surface area contributed by atoms with E-state index in [-0.39, 0.29) is 25.0 Å². The minimum Gasteiger partial charge on any atom is -0.465 e. The standard InChI is InChI=1S/C19H23ClN4O4/c1-3-27-18-21-16-14(24(18)11-12-5-7-13(20)8-6-12)15-17(28-15)23(9-4-10-25)19(26)22(16)2/h5-8,15,17,25H,3-4,9-11H2,1-2H3. The molecule has 2 atom stereocenters. The highest BCUT2D eigenvalue weighted by atomic mass is 35.5. The first-order valence-corrected chi connectivity index (χ1v) is 9.71. The van der Waals surface area contributed by atoms with Crippen molar-refractivity contribution in [3.8, 4) is 6.01 Å². The van der Waals surface area contributed by atoms with Crippen LogP contribution >= 0.6 is 11.6 Å². The van der Waals surface area contributed by atoms with Crippen LogP contribution < -0.4 is 9.64 Å². The number of epoxide rings is 1. The number of hydrogen-bond donors (Lipinski definition) is 1. The number of rotatable bonds is 7. The fourth-order valence-electron chi connectivity index (χ4n) is 3.52. The van der Waals surface area contributed by atoms with Crippen LogP contribution in [0.3, 0.4) is 0 Å². The van der Waals surface area contributed by atoms with E-state index in [2.05, 4.69) is 4.98 Å². The van der Waals surface area contributed by atoms with Gasteiger partial charge in [0.1, 0.15) is 6.10 Å². The van der Waals surface area contributed by atoms with Gasteiger partial charge in [-0.15, -0.1) is 0 Å². The lowest BCUT2D eigenvalue weighted by Crippen LogP contribution is -2.43. The van der Waals surface area contributed by atoms with Crippen LogP contribution in [0, 0.1) is 0 Å². The predicted molar refractivity (Wildman–Crippen MR) is 104 cm³/mol. The Hall–Kier alpha value is -2.29. The Morgan fingerprint density at radius 2 is 2.07 bits per heavy atom. The highest BCUT2D eigenvalue weighted by Crippen LogP contribution is 2.49. The number of imidazole rings is 1. The summed E-state index contributed by atoms with van der Waals surface area (Å²) < 4.78 is 13.6. The van der Waals surface area contributed by atoms with Gasteiger partial charge in [-0.05, 0) is 31.0 Å². The molecule has 2 aliphatic rings. The van der Waals surface area contributed by atoms with E-state index in [1.807, 2.05) is 35.8 Å². The van der Waals surface area contributed by atoms with Gasteiger partial charge in [0, 0.05) is 25.2 Å². The maximum Gasteiger partial charge on any atom is 0.327 e. The first-order chi connectivity index (χ1) is 13.5. The van der Waals surface area contributed by atoms with Crippen LogP contribution in [0.15, 0.2) is 24.3 Å². The first kappa shape index (κ1) is 19.0. The summed E-state index contributed by atoms with van der Waals surface area (Å²) in [5, 5.41) is 9.82. The number of halogens is 1. The molecule has 4 rings (SSSR count). The topological polar surface area (TPSA) is 83.4 Å². The van der Waals surface area contributed by atoms with Crippen molar-refractivity contribution in [2.24, 2.45) is 0 Å². The van der Waals surface area contributed by atoms with Gasteiger partial charge in [-0.3, -0.25) is 14.4 Å². The molecule has 1 saturated heterocycles. The highest BCUT2D eigenvalue weighted by molar-refractivity contribution is 6.30. The number of fused-ring (bicyclic) bond motifs is 3. The largest absolute Gasteiger partial charge is 0.465 e. The molecule has 1 N–H and O–H groups in total. The lowest BCUT2D eigenvalue weighted by atomic mass is 10.2. The maximum absolute atomic E-state index is 12.9. The van der Waals surface area contributed by atoms with Gasteiger partial charge in [-0.1, -0.05) is 23.7 Å². The Labute approximate surface area is 168 Å². The van der Waals surface area contributed by atoms with Crippen molar-refractivity contribution in [3.63, 3.8) is 0 Å². The molecule has 2 aromatic rings. The van der Waals surface area contributed by atoms with Gasteiger partial charge < -0.3 is 14.6 Å². The summed E-state index contributed by atoms with van der Waals surface area (Å²) in [7, 11) is 1.70. The second-order valence-corrected chi connectivity index (χ2v) is 7.24. The van der Waals surface area contributed by atoms with Gasteiger partial charge in [-0.25, -0.2) is 4.79 Å². The fraction of sp³-hybridized carbons (Fsp3) is 0.474. The van der Waals surface area contributed by atoms with E-state index in [1.54, 1.807) is 11.9 Å². The Morgan fingerprint density at radius 1 is 1.32 bits per heavy atom. The third-order valence-corrected chi connectivity index (χ3v) is 5.18. The zero-order chi connectivity index (χ0) is 19.8. The molecule has 1 aromatic heterocycles. The molecule has 2 aliphatic heterocycles. The van der Waals surface area contributed by atoms with Crippen molar-refractivity contribution in [2.75, 3.05) is 31.7 Å². The van der Waals surface area contributed by atoms with E-state index >= 15 is 0 Å². The average molecular weight is 407 g/mol. The number of hydrogen-bond acceptors (Lipinski definition) is 5. The molecule has 0 spiro atoms. The SMILES string of the molecule is CCOc1nc2c(n1Cc1ccc(Cl)cc1)C1OC1N(CCCO)C(=O)N2C. The van der Waals surface area contributed by atoms with Crippen LogP contribution in [-0.2, 0) is 11.3 Å². The Morgan fingerprint density at radius 3 is 2.75 bits per heavy atom. The Kier molecular flexibility index (Phi) is 5.18. The van der Waals surface area contributed by atoms with Gasteiger partial charge in [0.05, 0.1) is 18.8 Å². The van der Waals surface area contributed by atoms with Crippen LogP contribution in [0.2, 0.25) is 5.02 Å². The number of anilines is 1. The second kappa shape index (κ2) is 7.62. The lowest BCUT2D eigenvalue weighted by molar-refractivity contribution is 0.163. The smallest absolute Gasteiger partial charge is 0.327 e. The molecular formula is C19H23ClN4O4. The number of urea groups is 1. The van der Waals surface area contributed by atoms with Crippen molar-refractivity contribution in [1.29, 1.82) is 0 Å². The number of aliphatic hydroxyl groups is 1. The number of aromatic nitrogens is 2. The van der Waals surface area contributed by atoms with Crippen LogP contribution in [0.5, 0.6) is 6.01 Å². The zero-order valence-corrected chi connectivity index (χ0v) is 16.6. The molecule has 2 unspecified atom stereocenters. The van der Waals surface area contributed by atoms with Gasteiger partial charge in [0.15, 0.2) is 12.0 Å². The molecule has 0 bridgehead atoms. The van der Waals surface area contributed by atoms with Gasteiger partial charge in [0.2, 0.25) is 0 Å². The third-order valence-electron chi connectivity index (χ3n) is 4.93. The first-order valence-electron chi connectivity index (χ1n) is 9.33. The number of amides is 2. The summed E-state index contributed by atoms with van der Waals surface area (Å²) in [5.74, 6) is 0.543. The van der Waals surface area contributed by atoms with Crippen molar-refractivity contribution in [3.05, 3.63) is 40.5 Å². The highest BCUT2D eigenvalue weighted by Gasteiger charge is 2.54. The second-order valence-electron chi connectivity index (χ2n) is 6.81. The molecule has 2 amide bonds. The van der Waals surface area contributed by atoms with Crippen LogP contribution in [0.1, 0.15) is 30.7 Å². The number of carbonyl (C=O) groups is 1. The quantitative estimate of drug-likeness (QED) is 0.714. The van der Waals surface area contributed by atoms with Gasteiger partial charge in [0.25, 0.3) is 6.01 Å². The molecule has 3 heterocycles. The molecule has 1 fully saturated rings. The molecular weight excluding hydrogens is 384 g/mol. The summed E-state index contributed by atoms with van der Waals surface area (Å²) in [4.78, 5) is 20.7. The van der Waals surface area contributed by atoms with E-state index in [0.29, 0.717) is 43.0 Å². The molecule has 0 aliphatic carbocycles. The summed E-state index contributed by atoms with van der Waals surface area (Å²) in [6, 6.07) is 7.85. The van der Waals surface area contributed by atoms with Gasteiger partial charge in [-0.2, -0.15) is 4.98 Å². The monoisotopic (exact) mass is 406 g/mol. The zero-order valence-electron chi connectivity index (χ0n) is 15.8. The summed E-state index contributed by atoms with van der Waals surface area (Å²) >= 11 is 6.00. The molecule has 1 aromatic carbocycles. The average Bonchev–Trinajstić information content (AvgIpc) is 3.40. The molecule has 0 radical (unpaired) electrons. The normalized spacial score (nSPS) is 20.6. The fourth-order valence-corrected chi connectivity index (χ4v) is 3.65.